The molecule has 0 amide bonds. The third kappa shape index (κ3) is 4.28. The predicted octanol–water partition coefficient (Wildman–Crippen LogP) is 6.02. The van der Waals surface area contributed by atoms with Gasteiger partial charge in [0.15, 0.2) is 0 Å². The summed E-state index contributed by atoms with van der Waals surface area (Å²) >= 11 is 0. The molecule has 0 heterocycles. The number of carbonyl (C=O) groups is 2. The fourth-order valence-electron chi connectivity index (χ4n) is 3.75. The Morgan fingerprint density at radius 3 is 2.27 bits per heavy atom. The number of fused-ring (bicyclic) bond motifs is 1. The van der Waals surface area contributed by atoms with E-state index in [0.717, 1.165) is 23.8 Å². The van der Waals surface area contributed by atoms with Crippen LogP contribution < -0.4 is 9.47 Å². The number of allylic oxidation sites excluding steroid dienone is 2. The van der Waals surface area contributed by atoms with Crippen molar-refractivity contribution in [1.29, 1.82) is 0 Å². The van der Waals surface area contributed by atoms with Crippen LogP contribution in [0, 0.1) is 12.8 Å². The fourth-order valence-corrected chi connectivity index (χ4v) is 3.75. The largest absolute Gasteiger partial charge is 0.426 e. The molecule has 0 fully saturated rings. The molecule has 4 rings (SSSR count). The van der Waals surface area contributed by atoms with E-state index in [2.05, 4.69) is 13.0 Å². The van der Waals surface area contributed by atoms with E-state index in [-0.39, 0.29) is 11.9 Å². The van der Waals surface area contributed by atoms with Gasteiger partial charge in [-0.2, -0.15) is 0 Å². The minimum Gasteiger partial charge on any atom is -0.426 e. The average Bonchev–Trinajstić information content (AvgIpc) is 2.74. The lowest BCUT2D eigenvalue weighted by Crippen LogP contribution is -2.22. The van der Waals surface area contributed by atoms with Crippen molar-refractivity contribution in [3.05, 3.63) is 83.4 Å². The van der Waals surface area contributed by atoms with Crippen LogP contribution in [0.2, 0.25) is 0 Å². The lowest BCUT2D eigenvalue weighted by molar-refractivity contribution is -0.139. The highest BCUT2D eigenvalue weighted by Gasteiger charge is 2.24. The molecule has 0 bridgehead atoms. The number of rotatable bonds is 4. The Morgan fingerprint density at radius 2 is 1.60 bits per heavy atom. The molecule has 1 atom stereocenters. The Balaban J connectivity index is 1.63. The number of esters is 2. The summed E-state index contributed by atoms with van der Waals surface area (Å²) in [5, 5.41) is 1.46. The molecular formula is C26H24O4. The van der Waals surface area contributed by atoms with Crippen LogP contribution in [0.1, 0.15) is 42.1 Å². The Kier molecular flexibility index (Phi) is 5.66. The maximum absolute atomic E-state index is 12.8. The highest BCUT2D eigenvalue weighted by Crippen LogP contribution is 2.35. The van der Waals surface area contributed by atoms with E-state index in [1.54, 1.807) is 24.3 Å². The van der Waals surface area contributed by atoms with Gasteiger partial charge in [0.25, 0.3) is 0 Å². The zero-order valence-corrected chi connectivity index (χ0v) is 17.2. The molecule has 0 aromatic heterocycles. The molecule has 1 unspecified atom stereocenters. The Hall–Kier alpha value is -3.40. The molecule has 4 heteroatoms. The van der Waals surface area contributed by atoms with Crippen LogP contribution in [-0.2, 0) is 4.79 Å². The second-order valence-corrected chi connectivity index (χ2v) is 7.81. The maximum Gasteiger partial charge on any atom is 0.343 e. The van der Waals surface area contributed by atoms with Gasteiger partial charge in [-0.25, -0.2) is 4.79 Å². The summed E-state index contributed by atoms with van der Waals surface area (Å²) in [6, 6.07) is 18.2. The van der Waals surface area contributed by atoms with Gasteiger partial charge in [-0.1, -0.05) is 53.6 Å². The van der Waals surface area contributed by atoms with Crippen molar-refractivity contribution in [1.82, 2.24) is 0 Å². The highest BCUT2D eigenvalue weighted by atomic mass is 16.5. The number of carbonyl (C=O) groups excluding carboxylic acids is 2. The van der Waals surface area contributed by atoms with Crippen LogP contribution in [-0.4, -0.2) is 11.9 Å². The molecule has 0 spiro atoms. The minimum atomic E-state index is -0.444. The van der Waals surface area contributed by atoms with E-state index >= 15 is 0 Å². The molecule has 1 aliphatic carbocycles. The maximum atomic E-state index is 12.8. The number of hydrogen-bond acceptors (Lipinski definition) is 4. The summed E-state index contributed by atoms with van der Waals surface area (Å²) in [6.07, 6.45) is 4.51. The van der Waals surface area contributed by atoms with Crippen molar-refractivity contribution >= 4 is 22.7 Å². The van der Waals surface area contributed by atoms with E-state index in [9.17, 15) is 9.59 Å². The standard InChI is InChI=1S/C26H24O4/c1-17-12-14-20(15-13-17)25(27)29-22-10-4-7-19-8-5-11-23(24(19)22)30-26(28)21-9-3-6-18(2)16-21/h3-12,16,20H,13-15H2,1-2H3. The van der Waals surface area contributed by atoms with Gasteiger partial charge in [0, 0.05) is 0 Å². The van der Waals surface area contributed by atoms with Gasteiger partial charge in [-0.15, -0.1) is 0 Å². The first-order chi connectivity index (χ1) is 14.5. The Labute approximate surface area is 176 Å². The van der Waals surface area contributed by atoms with Crippen LogP contribution >= 0.6 is 0 Å². The van der Waals surface area contributed by atoms with Crippen molar-refractivity contribution in [3.63, 3.8) is 0 Å². The molecule has 0 aliphatic heterocycles. The van der Waals surface area contributed by atoms with Crippen molar-refractivity contribution < 1.29 is 19.1 Å². The Morgan fingerprint density at radius 1 is 0.900 bits per heavy atom. The summed E-state index contributed by atoms with van der Waals surface area (Å²) in [6.45, 7) is 4.01. The second-order valence-electron chi connectivity index (χ2n) is 7.81. The van der Waals surface area contributed by atoms with Gasteiger partial charge in [0.05, 0.1) is 16.9 Å². The van der Waals surface area contributed by atoms with Crippen molar-refractivity contribution in [2.75, 3.05) is 0 Å². The van der Waals surface area contributed by atoms with E-state index in [1.165, 1.54) is 5.57 Å². The minimum absolute atomic E-state index is 0.147. The zero-order valence-electron chi connectivity index (χ0n) is 17.2. The SMILES string of the molecule is CC1=CCC(C(=O)Oc2cccc3cccc(OC(=O)c4cccc(C)c4)c23)CC1. The molecule has 1 aliphatic rings. The average molecular weight is 400 g/mol. The summed E-state index contributed by atoms with van der Waals surface area (Å²) in [4.78, 5) is 25.4. The third-order valence-electron chi connectivity index (χ3n) is 5.47. The molecule has 152 valence electrons. The predicted molar refractivity (Wildman–Crippen MR) is 117 cm³/mol. The zero-order chi connectivity index (χ0) is 21.1. The summed E-state index contributed by atoms with van der Waals surface area (Å²) in [5.41, 5.74) is 2.77. The quantitative estimate of drug-likeness (QED) is 0.305. The van der Waals surface area contributed by atoms with Gasteiger partial charge in [0.2, 0.25) is 0 Å². The smallest absolute Gasteiger partial charge is 0.343 e. The van der Waals surface area contributed by atoms with Crippen molar-refractivity contribution in [3.8, 4) is 11.5 Å². The molecule has 0 radical (unpaired) electrons. The van der Waals surface area contributed by atoms with E-state index in [0.29, 0.717) is 28.9 Å². The van der Waals surface area contributed by atoms with Crippen LogP contribution in [0.15, 0.2) is 72.3 Å². The Bertz CT molecular complexity index is 1140. The van der Waals surface area contributed by atoms with Crippen molar-refractivity contribution in [2.45, 2.75) is 33.1 Å². The number of aryl methyl sites for hydroxylation is 1. The monoisotopic (exact) mass is 400 g/mol. The van der Waals surface area contributed by atoms with Crippen LogP contribution in [0.25, 0.3) is 10.8 Å². The van der Waals surface area contributed by atoms with Gasteiger partial charge < -0.3 is 9.47 Å². The first-order valence-corrected chi connectivity index (χ1v) is 10.2. The number of hydrogen-bond donors (Lipinski definition) is 0. The molecule has 0 saturated heterocycles. The van der Waals surface area contributed by atoms with Crippen LogP contribution in [0.5, 0.6) is 11.5 Å². The molecular weight excluding hydrogens is 376 g/mol. The first-order valence-electron chi connectivity index (χ1n) is 10.2. The van der Waals surface area contributed by atoms with Gasteiger partial charge in [-0.05, 0) is 62.8 Å². The molecule has 3 aromatic carbocycles. The van der Waals surface area contributed by atoms with E-state index in [1.807, 2.05) is 43.3 Å². The fraction of sp³-hybridized carbons (Fsp3) is 0.231. The first kappa shape index (κ1) is 19.9. The van der Waals surface area contributed by atoms with Gasteiger partial charge in [-0.3, -0.25) is 4.79 Å². The molecule has 3 aromatic rings. The molecule has 30 heavy (non-hydrogen) atoms. The van der Waals surface area contributed by atoms with Crippen molar-refractivity contribution in [2.24, 2.45) is 5.92 Å². The molecule has 4 nitrogen and oxygen atoms in total. The molecule has 0 N–H and O–H groups in total. The topological polar surface area (TPSA) is 52.6 Å². The number of ether oxygens (including phenoxy) is 2. The molecule has 0 saturated carbocycles. The summed E-state index contributed by atoms with van der Waals surface area (Å²) in [7, 11) is 0. The normalized spacial score (nSPS) is 16.1. The van der Waals surface area contributed by atoms with E-state index in [4.69, 9.17) is 9.47 Å². The number of benzene rings is 3. The van der Waals surface area contributed by atoms with Gasteiger partial charge in [0.1, 0.15) is 11.5 Å². The highest BCUT2D eigenvalue weighted by molar-refractivity contribution is 5.99. The summed E-state index contributed by atoms with van der Waals surface area (Å²) in [5.74, 6) is -0.0459. The second kappa shape index (κ2) is 8.54. The summed E-state index contributed by atoms with van der Waals surface area (Å²) < 4.78 is 11.5. The van der Waals surface area contributed by atoms with Crippen LogP contribution in [0.4, 0.5) is 0 Å². The van der Waals surface area contributed by atoms with Crippen LogP contribution in [0.3, 0.4) is 0 Å². The lowest BCUT2D eigenvalue weighted by atomic mass is 9.90. The lowest BCUT2D eigenvalue weighted by Gasteiger charge is -2.19. The third-order valence-corrected chi connectivity index (χ3v) is 5.47. The van der Waals surface area contributed by atoms with Gasteiger partial charge >= 0.3 is 11.9 Å². The van der Waals surface area contributed by atoms with E-state index < -0.39 is 5.97 Å².